The van der Waals surface area contributed by atoms with Crippen LogP contribution in [0.3, 0.4) is 0 Å². The van der Waals surface area contributed by atoms with Gasteiger partial charge in [0, 0.05) is 23.9 Å². The van der Waals surface area contributed by atoms with Crippen LogP contribution in [0.25, 0.3) is 0 Å². The van der Waals surface area contributed by atoms with Crippen molar-refractivity contribution in [2.24, 2.45) is 11.0 Å². The van der Waals surface area contributed by atoms with Crippen LogP contribution >= 0.6 is 0 Å². The van der Waals surface area contributed by atoms with Crippen molar-refractivity contribution in [2.75, 3.05) is 11.9 Å². The first-order valence-electron chi connectivity index (χ1n) is 7.71. The predicted octanol–water partition coefficient (Wildman–Crippen LogP) is 3.57. The molecule has 0 atom stereocenters. The van der Waals surface area contributed by atoms with Gasteiger partial charge in [-0.25, -0.2) is 5.43 Å². The standard InChI is InChI=1S/C16H24N4O3/c1-5-17-14-9-8-13(10-15(14)20(22)23)16(21)19-18-12(4)7-6-11(2)3/h8-11,17H,5-7H2,1-4H3,(H,19,21). The Morgan fingerprint density at radius 1 is 1.39 bits per heavy atom. The first-order valence-corrected chi connectivity index (χ1v) is 7.71. The highest BCUT2D eigenvalue weighted by molar-refractivity contribution is 5.96. The summed E-state index contributed by atoms with van der Waals surface area (Å²) in [6.45, 7) is 8.50. The molecule has 0 unspecified atom stereocenters. The fourth-order valence-corrected chi connectivity index (χ4v) is 1.93. The fraction of sp³-hybridized carbons (Fsp3) is 0.500. The van der Waals surface area contributed by atoms with Crippen LogP contribution in [-0.2, 0) is 0 Å². The minimum absolute atomic E-state index is 0.125. The summed E-state index contributed by atoms with van der Waals surface area (Å²) in [5.74, 6) is 0.108. The zero-order valence-corrected chi connectivity index (χ0v) is 14.0. The number of carbonyl (C=O) groups excluding carboxylic acids is 1. The number of anilines is 1. The molecule has 0 aliphatic rings. The fourth-order valence-electron chi connectivity index (χ4n) is 1.93. The second kappa shape index (κ2) is 8.87. The van der Waals surface area contributed by atoms with Gasteiger partial charge in [0.15, 0.2) is 0 Å². The molecule has 0 saturated carbocycles. The number of nitrogens with one attached hydrogen (secondary N) is 2. The molecule has 0 aliphatic carbocycles. The summed E-state index contributed by atoms with van der Waals surface area (Å²) >= 11 is 0. The second-order valence-electron chi connectivity index (χ2n) is 5.74. The molecular weight excluding hydrogens is 296 g/mol. The number of nitro benzene ring substituents is 1. The van der Waals surface area contributed by atoms with Crippen molar-refractivity contribution in [3.05, 3.63) is 33.9 Å². The van der Waals surface area contributed by atoms with E-state index >= 15 is 0 Å². The normalized spacial score (nSPS) is 11.4. The van der Waals surface area contributed by atoms with Gasteiger partial charge in [0.25, 0.3) is 11.6 Å². The average molecular weight is 320 g/mol. The molecule has 0 aromatic heterocycles. The van der Waals surface area contributed by atoms with E-state index in [4.69, 9.17) is 0 Å². The molecule has 7 nitrogen and oxygen atoms in total. The van der Waals surface area contributed by atoms with Crippen molar-refractivity contribution >= 4 is 23.0 Å². The number of rotatable bonds is 8. The summed E-state index contributed by atoms with van der Waals surface area (Å²) in [4.78, 5) is 22.7. The van der Waals surface area contributed by atoms with E-state index in [1.165, 1.54) is 12.1 Å². The molecule has 7 heteroatoms. The Bertz CT molecular complexity index is 597. The van der Waals surface area contributed by atoms with Gasteiger partial charge in [-0.15, -0.1) is 0 Å². The number of nitrogens with zero attached hydrogens (tertiary/aromatic N) is 2. The Hall–Kier alpha value is -2.44. The van der Waals surface area contributed by atoms with Crippen LogP contribution in [0, 0.1) is 16.0 Å². The van der Waals surface area contributed by atoms with E-state index in [9.17, 15) is 14.9 Å². The summed E-state index contributed by atoms with van der Waals surface area (Å²) < 4.78 is 0. The van der Waals surface area contributed by atoms with Crippen LogP contribution < -0.4 is 10.7 Å². The zero-order valence-electron chi connectivity index (χ0n) is 14.0. The smallest absolute Gasteiger partial charge is 0.293 e. The lowest BCUT2D eigenvalue weighted by Gasteiger charge is -2.07. The summed E-state index contributed by atoms with van der Waals surface area (Å²) in [6, 6.07) is 4.33. The van der Waals surface area contributed by atoms with E-state index in [1.54, 1.807) is 6.07 Å². The summed E-state index contributed by atoms with van der Waals surface area (Å²) in [5, 5.41) is 18.0. The molecule has 1 rings (SSSR count). The zero-order chi connectivity index (χ0) is 17.4. The lowest BCUT2D eigenvalue weighted by atomic mass is 10.1. The quantitative estimate of drug-likeness (QED) is 0.435. The maximum atomic E-state index is 12.1. The summed E-state index contributed by atoms with van der Waals surface area (Å²) in [5.41, 5.74) is 3.75. The van der Waals surface area contributed by atoms with Crippen molar-refractivity contribution in [3.8, 4) is 0 Å². The molecule has 1 aromatic carbocycles. The van der Waals surface area contributed by atoms with Crippen LogP contribution in [0.5, 0.6) is 0 Å². The third-order valence-corrected chi connectivity index (χ3v) is 3.26. The maximum Gasteiger partial charge on any atom is 0.293 e. The summed E-state index contributed by atoms with van der Waals surface area (Å²) in [6.07, 6.45) is 1.80. The SMILES string of the molecule is CCNc1ccc(C(=O)NN=C(C)CCC(C)C)cc1[N+](=O)[O-]. The van der Waals surface area contributed by atoms with Crippen LogP contribution in [0.4, 0.5) is 11.4 Å². The first-order chi connectivity index (χ1) is 10.8. The number of hydrogen-bond acceptors (Lipinski definition) is 5. The molecule has 0 bridgehead atoms. The highest BCUT2D eigenvalue weighted by Crippen LogP contribution is 2.25. The number of nitro groups is 1. The molecule has 1 aromatic rings. The molecule has 0 saturated heterocycles. The third-order valence-electron chi connectivity index (χ3n) is 3.26. The first kappa shape index (κ1) is 18.6. The van der Waals surface area contributed by atoms with E-state index in [2.05, 4.69) is 29.7 Å². The van der Waals surface area contributed by atoms with Gasteiger partial charge in [0.2, 0.25) is 0 Å². The summed E-state index contributed by atoms with van der Waals surface area (Å²) in [7, 11) is 0. The number of amides is 1. The molecule has 0 radical (unpaired) electrons. The third kappa shape index (κ3) is 6.06. The molecule has 2 N–H and O–H groups in total. The van der Waals surface area contributed by atoms with E-state index in [-0.39, 0.29) is 11.3 Å². The minimum Gasteiger partial charge on any atom is -0.380 e. The lowest BCUT2D eigenvalue weighted by Crippen LogP contribution is -2.19. The van der Waals surface area contributed by atoms with E-state index in [0.29, 0.717) is 18.2 Å². The van der Waals surface area contributed by atoms with E-state index in [0.717, 1.165) is 18.6 Å². The van der Waals surface area contributed by atoms with Gasteiger partial charge in [-0.1, -0.05) is 13.8 Å². The topological polar surface area (TPSA) is 96.6 Å². The van der Waals surface area contributed by atoms with Crippen molar-refractivity contribution < 1.29 is 9.72 Å². The lowest BCUT2D eigenvalue weighted by molar-refractivity contribution is -0.384. The molecule has 126 valence electrons. The van der Waals surface area contributed by atoms with E-state index in [1.807, 2.05) is 13.8 Å². The monoisotopic (exact) mass is 320 g/mol. The predicted molar refractivity (Wildman–Crippen MR) is 91.9 cm³/mol. The number of hydrazone groups is 1. The molecule has 0 aliphatic heterocycles. The van der Waals surface area contributed by atoms with Gasteiger partial charge in [0.1, 0.15) is 5.69 Å². The Kier molecular flexibility index (Phi) is 7.18. The Labute approximate surface area is 136 Å². The van der Waals surface area contributed by atoms with Gasteiger partial charge < -0.3 is 5.32 Å². The molecular formula is C16H24N4O3. The highest BCUT2D eigenvalue weighted by Gasteiger charge is 2.17. The van der Waals surface area contributed by atoms with Crippen molar-refractivity contribution in [3.63, 3.8) is 0 Å². The molecule has 0 spiro atoms. The molecule has 0 fully saturated rings. The highest BCUT2D eigenvalue weighted by atomic mass is 16.6. The minimum atomic E-state index is -0.508. The van der Waals surface area contributed by atoms with Crippen LogP contribution in [0.2, 0.25) is 0 Å². The maximum absolute atomic E-state index is 12.1. The second-order valence-corrected chi connectivity index (χ2v) is 5.74. The molecule has 1 amide bonds. The van der Waals surface area contributed by atoms with Crippen molar-refractivity contribution in [2.45, 2.75) is 40.5 Å². The van der Waals surface area contributed by atoms with Crippen molar-refractivity contribution in [1.82, 2.24) is 5.43 Å². The van der Waals surface area contributed by atoms with E-state index < -0.39 is 10.8 Å². The van der Waals surface area contributed by atoms with Crippen LogP contribution in [-0.4, -0.2) is 23.1 Å². The Morgan fingerprint density at radius 2 is 2.09 bits per heavy atom. The number of hydrogen-bond donors (Lipinski definition) is 2. The van der Waals surface area contributed by atoms with Crippen LogP contribution in [0.1, 0.15) is 50.9 Å². The van der Waals surface area contributed by atoms with Gasteiger partial charge in [-0.3, -0.25) is 14.9 Å². The largest absolute Gasteiger partial charge is 0.380 e. The molecule has 0 heterocycles. The van der Waals surface area contributed by atoms with Crippen LogP contribution in [0.15, 0.2) is 23.3 Å². The Balaban J connectivity index is 2.82. The van der Waals surface area contributed by atoms with Gasteiger partial charge >= 0.3 is 0 Å². The number of benzene rings is 1. The Morgan fingerprint density at radius 3 is 2.65 bits per heavy atom. The molecule has 23 heavy (non-hydrogen) atoms. The van der Waals surface area contributed by atoms with Gasteiger partial charge in [-0.2, -0.15) is 5.10 Å². The van der Waals surface area contributed by atoms with Crippen molar-refractivity contribution in [1.29, 1.82) is 0 Å². The number of carbonyl (C=O) groups is 1. The van der Waals surface area contributed by atoms with Gasteiger partial charge in [0.05, 0.1) is 4.92 Å². The average Bonchev–Trinajstić information content (AvgIpc) is 2.51. The van der Waals surface area contributed by atoms with Gasteiger partial charge in [-0.05, 0) is 44.7 Å².